The fourth-order valence-electron chi connectivity index (χ4n) is 2.06. The van der Waals surface area contributed by atoms with E-state index in [2.05, 4.69) is 15.3 Å². The first-order chi connectivity index (χ1) is 9.54. The number of pyridine rings is 1. The molecule has 1 aromatic heterocycles. The summed E-state index contributed by atoms with van der Waals surface area (Å²) >= 11 is 0. The normalized spacial score (nSPS) is 13.8. The minimum Gasteiger partial charge on any atom is -0.340 e. The van der Waals surface area contributed by atoms with Gasteiger partial charge in [0.1, 0.15) is 5.84 Å². The van der Waals surface area contributed by atoms with Gasteiger partial charge in [-0.05, 0) is 29.8 Å². The molecular formula is C14H10F3N3. The molecule has 0 aliphatic carbocycles. The van der Waals surface area contributed by atoms with Crippen molar-refractivity contribution >= 4 is 11.5 Å². The molecule has 1 N–H and O–H groups in total. The van der Waals surface area contributed by atoms with Gasteiger partial charge in [0.25, 0.3) is 0 Å². The SMILES string of the molecule is FC(F)(F)c1ccc2c(c1)CN=C2Nc1ccncc1. The van der Waals surface area contributed by atoms with Crippen LogP contribution in [0, 0.1) is 0 Å². The molecule has 2 heterocycles. The Kier molecular flexibility index (Phi) is 2.93. The van der Waals surface area contributed by atoms with Crippen molar-refractivity contribution in [2.24, 2.45) is 4.99 Å². The summed E-state index contributed by atoms with van der Waals surface area (Å²) in [6.45, 7) is 0.257. The third-order valence-corrected chi connectivity index (χ3v) is 3.04. The lowest BCUT2D eigenvalue weighted by atomic mass is 10.0. The number of nitrogens with zero attached hydrogens (tertiary/aromatic N) is 2. The average Bonchev–Trinajstić information content (AvgIpc) is 2.81. The van der Waals surface area contributed by atoms with Gasteiger partial charge in [-0.15, -0.1) is 0 Å². The lowest BCUT2D eigenvalue weighted by Gasteiger charge is -2.10. The Balaban J connectivity index is 1.87. The van der Waals surface area contributed by atoms with E-state index in [4.69, 9.17) is 0 Å². The summed E-state index contributed by atoms with van der Waals surface area (Å²) in [5.74, 6) is 0.583. The zero-order valence-electron chi connectivity index (χ0n) is 10.3. The predicted octanol–water partition coefficient (Wildman–Crippen LogP) is 3.47. The van der Waals surface area contributed by atoms with Crippen molar-refractivity contribution in [3.8, 4) is 0 Å². The fourth-order valence-corrected chi connectivity index (χ4v) is 2.06. The first-order valence-electron chi connectivity index (χ1n) is 5.96. The molecule has 102 valence electrons. The number of aromatic nitrogens is 1. The van der Waals surface area contributed by atoms with E-state index in [0.29, 0.717) is 17.0 Å². The molecule has 1 aliphatic heterocycles. The molecule has 3 nitrogen and oxygen atoms in total. The molecule has 1 aromatic carbocycles. The van der Waals surface area contributed by atoms with Crippen LogP contribution in [0.25, 0.3) is 0 Å². The number of amidine groups is 1. The van der Waals surface area contributed by atoms with E-state index in [0.717, 1.165) is 17.8 Å². The number of rotatable bonds is 1. The molecule has 0 spiro atoms. The Bertz CT molecular complexity index is 663. The van der Waals surface area contributed by atoms with Crippen LogP contribution in [0.5, 0.6) is 0 Å². The number of hydrogen-bond donors (Lipinski definition) is 1. The summed E-state index contributed by atoms with van der Waals surface area (Å²) in [7, 11) is 0. The molecule has 0 saturated heterocycles. The molecule has 0 saturated carbocycles. The molecule has 3 rings (SSSR count). The van der Waals surface area contributed by atoms with Crippen molar-refractivity contribution < 1.29 is 13.2 Å². The van der Waals surface area contributed by atoms with Crippen LogP contribution in [0.2, 0.25) is 0 Å². The van der Waals surface area contributed by atoms with Crippen LogP contribution in [-0.2, 0) is 12.7 Å². The number of halogens is 3. The molecular weight excluding hydrogens is 267 g/mol. The van der Waals surface area contributed by atoms with Gasteiger partial charge in [0.15, 0.2) is 0 Å². The van der Waals surface area contributed by atoms with Crippen molar-refractivity contribution in [2.75, 3.05) is 5.32 Å². The van der Waals surface area contributed by atoms with Gasteiger partial charge in [-0.2, -0.15) is 13.2 Å². The van der Waals surface area contributed by atoms with Gasteiger partial charge in [0, 0.05) is 23.6 Å². The highest BCUT2D eigenvalue weighted by molar-refractivity contribution is 6.10. The molecule has 0 fully saturated rings. The van der Waals surface area contributed by atoms with E-state index in [1.165, 1.54) is 6.07 Å². The second-order valence-electron chi connectivity index (χ2n) is 4.40. The number of benzene rings is 1. The summed E-state index contributed by atoms with van der Waals surface area (Å²) in [5.41, 5.74) is 1.44. The lowest BCUT2D eigenvalue weighted by Crippen LogP contribution is -2.12. The van der Waals surface area contributed by atoms with Crippen LogP contribution in [-0.4, -0.2) is 10.8 Å². The largest absolute Gasteiger partial charge is 0.416 e. The maximum Gasteiger partial charge on any atom is 0.416 e. The maximum atomic E-state index is 12.6. The molecule has 20 heavy (non-hydrogen) atoms. The van der Waals surface area contributed by atoms with E-state index in [-0.39, 0.29) is 6.54 Å². The van der Waals surface area contributed by atoms with Crippen molar-refractivity contribution in [3.63, 3.8) is 0 Å². The predicted molar refractivity (Wildman–Crippen MR) is 69.5 cm³/mol. The van der Waals surface area contributed by atoms with Crippen LogP contribution in [0.1, 0.15) is 16.7 Å². The summed E-state index contributed by atoms with van der Waals surface area (Å²) in [6.07, 6.45) is -1.06. The minimum absolute atomic E-state index is 0.257. The Morgan fingerprint density at radius 3 is 2.50 bits per heavy atom. The topological polar surface area (TPSA) is 37.3 Å². The van der Waals surface area contributed by atoms with E-state index in [9.17, 15) is 13.2 Å². The van der Waals surface area contributed by atoms with Gasteiger partial charge in [-0.25, -0.2) is 0 Å². The molecule has 0 bridgehead atoms. The van der Waals surface area contributed by atoms with E-state index in [1.54, 1.807) is 24.5 Å². The molecule has 6 heteroatoms. The highest BCUT2D eigenvalue weighted by Crippen LogP contribution is 2.32. The number of aliphatic imine (C=N–C) groups is 1. The van der Waals surface area contributed by atoms with Crippen LogP contribution in [0.15, 0.2) is 47.7 Å². The van der Waals surface area contributed by atoms with Crippen molar-refractivity contribution in [3.05, 3.63) is 59.4 Å². The Morgan fingerprint density at radius 1 is 1.05 bits per heavy atom. The number of hydrogen-bond acceptors (Lipinski definition) is 3. The first-order valence-corrected chi connectivity index (χ1v) is 5.96. The van der Waals surface area contributed by atoms with Gasteiger partial charge in [0.05, 0.1) is 12.1 Å². The highest BCUT2D eigenvalue weighted by atomic mass is 19.4. The summed E-state index contributed by atoms with van der Waals surface area (Å²) in [5, 5.41) is 3.08. The molecule has 0 unspecified atom stereocenters. The van der Waals surface area contributed by atoms with Gasteiger partial charge >= 0.3 is 6.18 Å². The van der Waals surface area contributed by atoms with Crippen LogP contribution >= 0.6 is 0 Å². The third kappa shape index (κ3) is 2.36. The van der Waals surface area contributed by atoms with Gasteiger partial charge in [-0.3, -0.25) is 9.98 Å². The van der Waals surface area contributed by atoms with Crippen molar-refractivity contribution in [1.82, 2.24) is 4.98 Å². The highest BCUT2D eigenvalue weighted by Gasteiger charge is 2.31. The third-order valence-electron chi connectivity index (χ3n) is 3.04. The lowest BCUT2D eigenvalue weighted by molar-refractivity contribution is -0.137. The van der Waals surface area contributed by atoms with E-state index in [1.807, 2.05) is 0 Å². The zero-order valence-corrected chi connectivity index (χ0v) is 10.3. The first kappa shape index (κ1) is 12.7. The number of anilines is 1. The summed E-state index contributed by atoms with van der Waals surface area (Å²) in [4.78, 5) is 8.14. The standard InChI is InChI=1S/C14H10F3N3/c15-14(16,17)10-1-2-12-9(7-10)8-19-13(12)20-11-3-5-18-6-4-11/h1-7H,8H2,(H,18,19,20). The maximum absolute atomic E-state index is 12.6. The second kappa shape index (κ2) is 4.63. The molecule has 0 atom stereocenters. The van der Waals surface area contributed by atoms with E-state index < -0.39 is 11.7 Å². The quantitative estimate of drug-likeness (QED) is 0.866. The zero-order chi connectivity index (χ0) is 14.2. The summed E-state index contributed by atoms with van der Waals surface area (Å²) < 4.78 is 37.9. The minimum atomic E-state index is -4.32. The Labute approximate surface area is 113 Å². The van der Waals surface area contributed by atoms with Gasteiger partial charge in [0.2, 0.25) is 0 Å². The van der Waals surface area contributed by atoms with Crippen LogP contribution in [0.4, 0.5) is 18.9 Å². The smallest absolute Gasteiger partial charge is 0.340 e. The molecule has 0 radical (unpaired) electrons. The van der Waals surface area contributed by atoms with Gasteiger partial charge < -0.3 is 5.32 Å². The van der Waals surface area contributed by atoms with Crippen LogP contribution < -0.4 is 5.32 Å². The number of alkyl halides is 3. The number of nitrogens with one attached hydrogen (secondary N) is 1. The fraction of sp³-hybridized carbons (Fsp3) is 0.143. The monoisotopic (exact) mass is 277 g/mol. The van der Waals surface area contributed by atoms with Gasteiger partial charge in [-0.1, -0.05) is 6.07 Å². The molecule has 2 aromatic rings. The Morgan fingerprint density at radius 2 is 1.80 bits per heavy atom. The van der Waals surface area contributed by atoms with Crippen molar-refractivity contribution in [1.29, 1.82) is 0 Å². The van der Waals surface area contributed by atoms with Crippen LogP contribution in [0.3, 0.4) is 0 Å². The van der Waals surface area contributed by atoms with E-state index >= 15 is 0 Å². The Hall–Kier alpha value is -2.37. The second-order valence-corrected chi connectivity index (χ2v) is 4.40. The average molecular weight is 277 g/mol. The molecule has 1 aliphatic rings. The van der Waals surface area contributed by atoms with Crippen molar-refractivity contribution in [2.45, 2.75) is 12.7 Å². The molecule has 0 amide bonds. The summed E-state index contributed by atoms with van der Waals surface area (Å²) in [6, 6.07) is 7.22. The number of fused-ring (bicyclic) bond motifs is 1.